The van der Waals surface area contributed by atoms with Crippen molar-refractivity contribution in [1.29, 1.82) is 0 Å². The van der Waals surface area contributed by atoms with Crippen molar-refractivity contribution in [3.63, 3.8) is 0 Å². The summed E-state index contributed by atoms with van der Waals surface area (Å²) in [6, 6.07) is 6.11. The minimum Gasteiger partial charge on any atom is -0.289 e. The van der Waals surface area contributed by atoms with Crippen molar-refractivity contribution in [1.82, 2.24) is 25.0 Å². The molecule has 3 aromatic rings. The van der Waals surface area contributed by atoms with Gasteiger partial charge in [0.15, 0.2) is 5.82 Å². The monoisotopic (exact) mass is 341 g/mol. The summed E-state index contributed by atoms with van der Waals surface area (Å²) in [6.45, 7) is 3.91. The van der Waals surface area contributed by atoms with Gasteiger partial charge in [-0.1, -0.05) is 12.1 Å². The van der Waals surface area contributed by atoms with Crippen LogP contribution in [-0.4, -0.2) is 35.8 Å². The number of anilines is 1. The zero-order valence-electron chi connectivity index (χ0n) is 13.5. The summed E-state index contributed by atoms with van der Waals surface area (Å²) >= 11 is 0. The number of rotatable bonds is 5. The molecule has 0 aliphatic rings. The Hall–Kier alpha value is -3.56. The number of nitro groups is 1. The van der Waals surface area contributed by atoms with Gasteiger partial charge in [-0.3, -0.25) is 30.0 Å². The van der Waals surface area contributed by atoms with Crippen LogP contribution in [0.4, 0.5) is 11.6 Å². The van der Waals surface area contributed by atoms with Crippen molar-refractivity contribution in [3.8, 4) is 11.4 Å². The number of H-pyrrole nitrogens is 1. The van der Waals surface area contributed by atoms with E-state index in [2.05, 4.69) is 25.6 Å². The van der Waals surface area contributed by atoms with Crippen LogP contribution >= 0.6 is 0 Å². The second kappa shape index (κ2) is 6.51. The van der Waals surface area contributed by atoms with Gasteiger partial charge in [0.05, 0.1) is 16.7 Å². The number of non-ortho nitro benzene ring substituents is 1. The fraction of sp³-hybridized carbons (Fsp3) is 0.200. The number of nitrogens with zero attached hydrogens (tertiary/aromatic N) is 5. The van der Waals surface area contributed by atoms with Crippen LogP contribution in [0.1, 0.15) is 30.2 Å². The fourth-order valence-corrected chi connectivity index (χ4v) is 2.12. The van der Waals surface area contributed by atoms with Gasteiger partial charge in [0.2, 0.25) is 5.95 Å². The molecule has 10 heteroatoms. The van der Waals surface area contributed by atoms with Gasteiger partial charge in [-0.2, -0.15) is 10.1 Å². The van der Waals surface area contributed by atoms with Crippen molar-refractivity contribution in [2.24, 2.45) is 0 Å². The maximum absolute atomic E-state index is 12.2. The summed E-state index contributed by atoms with van der Waals surface area (Å²) in [4.78, 5) is 26.7. The summed E-state index contributed by atoms with van der Waals surface area (Å²) in [5, 5.41) is 24.1. The molecule has 10 nitrogen and oxygen atoms in total. The molecule has 0 spiro atoms. The number of carbonyl (C=O) groups is 1. The lowest BCUT2D eigenvalue weighted by molar-refractivity contribution is -0.384. The number of amides is 1. The van der Waals surface area contributed by atoms with Crippen molar-refractivity contribution in [2.75, 3.05) is 5.32 Å². The predicted molar refractivity (Wildman–Crippen MR) is 89.0 cm³/mol. The molecular formula is C15H15N7O3. The van der Waals surface area contributed by atoms with E-state index in [0.717, 1.165) is 0 Å². The number of nitrogens with one attached hydrogen (secondary N) is 2. The average Bonchev–Trinajstić information content (AvgIpc) is 3.24. The van der Waals surface area contributed by atoms with E-state index in [0.29, 0.717) is 17.0 Å². The lowest BCUT2D eigenvalue weighted by atomic mass is 10.2. The van der Waals surface area contributed by atoms with E-state index < -0.39 is 10.8 Å². The number of benzene rings is 1. The van der Waals surface area contributed by atoms with E-state index in [1.807, 2.05) is 13.8 Å². The van der Waals surface area contributed by atoms with Crippen LogP contribution in [0.15, 0.2) is 36.7 Å². The van der Waals surface area contributed by atoms with Gasteiger partial charge >= 0.3 is 0 Å². The van der Waals surface area contributed by atoms with Crippen molar-refractivity contribution < 1.29 is 9.72 Å². The highest BCUT2D eigenvalue weighted by Crippen LogP contribution is 2.21. The molecule has 128 valence electrons. The van der Waals surface area contributed by atoms with Crippen LogP contribution in [0, 0.1) is 10.1 Å². The maximum Gasteiger partial charge on any atom is 0.270 e. The first-order chi connectivity index (χ1) is 11.9. The van der Waals surface area contributed by atoms with Crippen LogP contribution in [0.3, 0.4) is 0 Å². The van der Waals surface area contributed by atoms with Gasteiger partial charge in [-0.25, -0.2) is 0 Å². The number of carbonyl (C=O) groups excluding carboxylic acids is 1. The first kappa shape index (κ1) is 16.3. The molecule has 0 saturated carbocycles. The van der Waals surface area contributed by atoms with E-state index in [4.69, 9.17) is 0 Å². The van der Waals surface area contributed by atoms with Crippen LogP contribution in [0.25, 0.3) is 11.4 Å². The smallest absolute Gasteiger partial charge is 0.270 e. The molecule has 2 aromatic heterocycles. The van der Waals surface area contributed by atoms with Crippen molar-refractivity contribution >= 4 is 17.5 Å². The summed E-state index contributed by atoms with van der Waals surface area (Å²) in [7, 11) is 0. The van der Waals surface area contributed by atoms with E-state index in [1.54, 1.807) is 23.0 Å². The molecule has 0 radical (unpaired) electrons. The fourth-order valence-electron chi connectivity index (χ4n) is 2.12. The number of hydrogen-bond acceptors (Lipinski definition) is 6. The number of aromatic amines is 1. The van der Waals surface area contributed by atoms with Crippen LogP contribution in [-0.2, 0) is 0 Å². The Balaban J connectivity index is 1.76. The molecule has 1 aromatic carbocycles. The lowest BCUT2D eigenvalue weighted by Crippen LogP contribution is -2.12. The Morgan fingerprint density at radius 2 is 2.20 bits per heavy atom. The summed E-state index contributed by atoms with van der Waals surface area (Å²) in [5.74, 6) is -0.00262. The molecule has 0 fully saturated rings. The molecule has 1 amide bonds. The van der Waals surface area contributed by atoms with E-state index >= 15 is 0 Å². The highest BCUT2D eigenvalue weighted by atomic mass is 16.6. The Labute approximate surface area is 142 Å². The van der Waals surface area contributed by atoms with Gasteiger partial charge < -0.3 is 0 Å². The minimum atomic E-state index is -0.491. The topological polar surface area (TPSA) is 132 Å². The Bertz CT molecular complexity index is 929. The SMILES string of the molecule is CC(C)n1cc(C(=O)Nc2n[nH]c(-c3cccc([N+](=O)[O-])c3)n2)cn1. The van der Waals surface area contributed by atoms with Gasteiger partial charge in [0.25, 0.3) is 11.6 Å². The van der Waals surface area contributed by atoms with Gasteiger partial charge in [-0.05, 0) is 13.8 Å². The first-order valence-corrected chi connectivity index (χ1v) is 7.47. The second-order valence-electron chi connectivity index (χ2n) is 5.57. The Kier molecular flexibility index (Phi) is 4.25. The largest absolute Gasteiger partial charge is 0.289 e. The lowest BCUT2D eigenvalue weighted by Gasteiger charge is -2.02. The van der Waals surface area contributed by atoms with Crippen LogP contribution in [0.5, 0.6) is 0 Å². The zero-order chi connectivity index (χ0) is 18.0. The Morgan fingerprint density at radius 1 is 1.40 bits per heavy atom. The molecule has 0 unspecified atom stereocenters. The standard InChI is InChI=1S/C15H15N7O3/c1-9(2)21-8-11(7-16-21)14(23)18-15-17-13(19-20-15)10-4-3-5-12(6-10)22(24)25/h3-9H,1-2H3,(H2,17,18,19,20,23). The normalized spacial score (nSPS) is 10.8. The number of nitro benzene ring substituents is 1. The maximum atomic E-state index is 12.2. The molecule has 3 rings (SSSR count). The quantitative estimate of drug-likeness (QED) is 0.541. The minimum absolute atomic E-state index is 0.0550. The molecule has 0 aliphatic heterocycles. The van der Waals surface area contributed by atoms with Crippen LogP contribution < -0.4 is 5.32 Å². The molecule has 0 saturated heterocycles. The van der Waals surface area contributed by atoms with E-state index in [1.165, 1.54) is 18.3 Å². The molecule has 0 bridgehead atoms. The second-order valence-corrected chi connectivity index (χ2v) is 5.57. The third-order valence-electron chi connectivity index (χ3n) is 3.43. The molecule has 0 aliphatic carbocycles. The predicted octanol–water partition coefficient (Wildman–Crippen LogP) is 2.41. The van der Waals surface area contributed by atoms with Crippen LogP contribution in [0.2, 0.25) is 0 Å². The summed E-state index contributed by atoms with van der Waals surface area (Å²) in [6.07, 6.45) is 3.09. The summed E-state index contributed by atoms with van der Waals surface area (Å²) < 4.78 is 1.67. The van der Waals surface area contributed by atoms with Gasteiger partial charge in [-0.15, -0.1) is 5.10 Å². The highest BCUT2D eigenvalue weighted by Gasteiger charge is 2.14. The third kappa shape index (κ3) is 3.52. The molecule has 0 atom stereocenters. The zero-order valence-corrected chi connectivity index (χ0v) is 13.5. The van der Waals surface area contributed by atoms with Gasteiger partial charge in [0.1, 0.15) is 0 Å². The number of aromatic nitrogens is 5. The molecular weight excluding hydrogens is 326 g/mol. The molecule has 2 heterocycles. The average molecular weight is 341 g/mol. The first-order valence-electron chi connectivity index (χ1n) is 7.47. The van der Waals surface area contributed by atoms with Crippen molar-refractivity contribution in [2.45, 2.75) is 19.9 Å². The highest BCUT2D eigenvalue weighted by molar-refractivity contribution is 6.03. The molecule has 2 N–H and O–H groups in total. The Morgan fingerprint density at radius 3 is 2.88 bits per heavy atom. The summed E-state index contributed by atoms with van der Waals surface area (Å²) in [5.41, 5.74) is 0.825. The van der Waals surface area contributed by atoms with E-state index in [9.17, 15) is 14.9 Å². The molecule has 25 heavy (non-hydrogen) atoms. The van der Waals surface area contributed by atoms with E-state index in [-0.39, 0.29) is 17.7 Å². The third-order valence-corrected chi connectivity index (χ3v) is 3.43. The van der Waals surface area contributed by atoms with Gasteiger partial charge in [0, 0.05) is 29.9 Å². The van der Waals surface area contributed by atoms with Crippen molar-refractivity contribution in [3.05, 3.63) is 52.3 Å². The number of hydrogen-bond donors (Lipinski definition) is 2.